The molecule has 8 heteroatoms. The molecule has 0 N–H and O–H groups in total. The fraction of sp³-hybridized carbons (Fsp3) is 0.600. The predicted octanol–water partition coefficient (Wildman–Crippen LogP) is 0.623. The largest absolute Gasteiger partial charge is 0.336 e. The standard InChI is InChI=1S/C20H27N3O4S/c24-19(23(17-6-7-17)18-8-13-28(26,27)15-18)14-21-9-11-22(12-10-21)20(25)16-4-2-1-3-5-16/h1-5,17-18H,6-15H2/t18-/m0/s1. The lowest BCUT2D eigenvalue weighted by atomic mass is 10.1. The topological polar surface area (TPSA) is 78.0 Å². The highest BCUT2D eigenvalue weighted by Gasteiger charge is 2.42. The van der Waals surface area contributed by atoms with Crippen LogP contribution in [0.2, 0.25) is 0 Å². The molecule has 1 aromatic carbocycles. The first-order chi connectivity index (χ1) is 13.4. The minimum absolute atomic E-state index is 0.0299. The molecule has 2 amide bonds. The first-order valence-corrected chi connectivity index (χ1v) is 11.8. The zero-order valence-corrected chi connectivity index (χ0v) is 16.8. The van der Waals surface area contributed by atoms with Gasteiger partial charge in [-0.05, 0) is 31.4 Å². The summed E-state index contributed by atoms with van der Waals surface area (Å²) >= 11 is 0. The van der Waals surface area contributed by atoms with Gasteiger partial charge < -0.3 is 9.80 Å². The zero-order chi connectivity index (χ0) is 19.7. The van der Waals surface area contributed by atoms with E-state index in [1.807, 2.05) is 40.1 Å². The lowest BCUT2D eigenvalue weighted by Gasteiger charge is -2.36. The second kappa shape index (κ2) is 7.83. The van der Waals surface area contributed by atoms with Gasteiger partial charge in [0.15, 0.2) is 9.84 Å². The van der Waals surface area contributed by atoms with Crippen molar-refractivity contribution in [3.8, 4) is 0 Å². The highest BCUT2D eigenvalue weighted by molar-refractivity contribution is 7.91. The van der Waals surface area contributed by atoms with Crippen LogP contribution in [0.25, 0.3) is 0 Å². The van der Waals surface area contributed by atoms with E-state index in [1.165, 1.54) is 0 Å². The van der Waals surface area contributed by atoms with Gasteiger partial charge >= 0.3 is 0 Å². The number of carbonyl (C=O) groups is 2. The van der Waals surface area contributed by atoms with Crippen molar-refractivity contribution in [2.24, 2.45) is 0 Å². The number of hydrogen-bond donors (Lipinski definition) is 0. The van der Waals surface area contributed by atoms with E-state index >= 15 is 0 Å². The summed E-state index contributed by atoms with van der Waals surface area (Å²) in [5.74, 6) is 0.359. The third-order valence-corrected chi connectivity index (χ3v) is 7.62. The van der Waals surface area contributed by atoms with Crippen molar-refractivity contribution in [2.75, 3.05) is 44.2 Å². The van der Waals surface area contributed by atoms with Crippen molar-refractivity contribution in [1.29, 1.82) is 0 Å². The lowest BCUT2D eigenvalue weighted by molar-refractivity contribution is -0.135. The van der Waals surface area contributed by atoms with E-state index in [0.717, 1.165) is 12.8 Å². The maximum absolute atomic E-state index is 12.9. The van der Waals surface area contributed by atoms with E-state index in [1.54, 1.807) is 0 Å². The molecule has 7 nitrogen and oxygen atoms in total. The van der Waals surface area contributed by atoms with Crippen LogP contribution < -0.4 is 0 Å². The van der Waals surface area contributed by atoms with Crippen molar-refractivity contribution in [3.63, 3.8) is 0 Å². The number of nitrogens with zero attached hydrogens (tertiary/aromatic N) is 3. The highest BCUT2D eigenvalue weighted by atomic mass is 32.2. The quantitative estimate of drug-likeness (QED) is 0.718. The van der Waals surface area contributed by atoms with Crippen LogP contribution in [0.1, 0.15) is 29.6 Å². The smallest absolute Gasteiger partial charge is 0.253 e. The Balaban J connectivity index is 1.31. The van der Waals surface area contributed by atoms with Crippen molar-refractivity contribution < 1.29 is 18.0 Å². The molecule has 2 heterocycles. The Morgan fingerprint density at radius 2 is 1.64 bits per heavy atom. The molecule has 0 radical (unpaired) electrons. The van der Waals surface area contributed by atoms with Gasteiger partial charge in [0, 0.05) is 43.8 Å². The summed E-state index contributed by atoms with van der Waals surface area (Å²) in [7, 11) is -3.01. The number of benzene rings is 1. The van der Waals surface area contributed by atoms with Crippen LogP contribution in [0, 0.1) is 0 Å². The van der Waals surface area contributed by atoms with E-state index < -0.39 is 9.84 Å². The van der Waals surface area contributed by atoms with Gasteiger partial charge in [-0.2, -0.15) is 0 Å². The number of rotatable bonds is 5. The van der Waals surface area contributed by atoms with E-state index in [9.17, 15) is 18.0 Å². The summed E-state index contributed by atoms with van der Waals surface area (Å²) in [4.78, 5) is 31.2. The van der Waals surface area contributed by atoms with Crippen LogP contribution in [0.3, 0.4) is 0 Å². The number of piperazine rings is 1. The maximum atomic E-state index is 12.9. The van der Waals surface area contributed by atoms with E-state index in [-0.39, 0.29) is 35.4 Å². The molecule has 3 fully saturated rings. The molecule has 0 aromatic heterocycles. The summed E-state index contributed by atoms with van der Waals surface area (Å²) < 4.78 is 23.7. The zero-order valence-electron chi connectivity index (χ0n) is 16.0. The molecule has 3 aliphatic rings. The van der Waals surface area contributed by atoms with Gasteiger partial charge in [0.25, 0.3) is 5.91 Å². The Kier molecular flexibility index (Phi) is 5.42. The van der Waals surface area contributed by atoms with Gasteiger partial charge in [-0.15, -0.1) is 0 Å². The predicted molar refractivity (Wildman–Crippen MR) is 106 cm³/mol. The number of sulfone groups is 1. The van der Waals surface area contributed by atoms with Crippen molar-refractivity contribution in [2.45, 2.75) is 31.3 Å². The average Bonchev–Trinajstić information content (AvgIpc) is 3.45. The Bertz CT molecular complexity index is 830. The van der Waals surface area contributed by atoms with Gasteiger partial charge in [0.05, 0.1) is 18.1 Å². The molecule has 152 valence electrons. The van der Waals surface area contributed by atoms with Gasteiger partial charge in [-0.1, -0.05) is 18.2 Å². The molecule has 0 bridgehead atoms. The van der Waals surface area contributed by atoms with Gasteiger partial charge in [-0.3, -0.25) is 14.5 Å². The normalized spacial score (nSPS) is 24.9. The first-order valence-electron chi connectivity index (χ1n) is 10.0. The van der Waals surface area contributed by atoms with Gasteiger partial charge in [-0.25, -0.2) is 8.42 Å². The number of hydrogen-bond acceptors (Lipinski definition) is 5. The fourth-order valence-corrected chi connectivity index (χ4v) is 5.91. The molecule has 2 aliphatic heterocycles. The number of carbonyl (C=O) groups excluding carboxylic acids is 2. The Hall–Kier alpha value is -1.93. The van der Waals surface area contributed by atoms with Crippen LogP contribution in [0.15, 0.2) is 30.3 Å². The molecule has 2 saturated heterocycles. The van der Waals surface area contributed by atoms with Gasteiger partial charge in [0.2, 0.25) is 5.91 Å². The minimum atomic E-state index is -3.01. The van der Waals surface area contributed by atoms with Gasteiger partial charge in [0.1, 0.15) is 0 Å². The average molecular weight is 406 g/mol. The summed E-state index contributed by atoms with van der Waals surface area (Å²) in [6.45, 7) is 2.82. The summed E-state index contributed by atoms with van der Waals surface area (Å²) in [6, 6.07) is 9.30. The molecule has 4 rings (SSSR count). The Morgan fingerprint density at radius 3 is 2.21 bits per heavy atom. The summed E-state index contributed by atoms with van der Waals surface area (Å²) in [5, 5.41) is 0. The lowest BCUT2D eigenvalue weighted by Crippen LogP contribution is -2.53. The number of amides is 2. The van der Waals surface area contributed by atoms with Crippen molar-refractivity contribution in [3.05, 3.63) is 35.9 Å². The van der Waals surface area contributed by atoms with Crippen LogP contribution in [0.5, 0.6) is 0 Å². The van der Waals surface area contributed by atoms with E-state index in [2.05, 4.69) is 4.90 Å². The molecule has 1 atom stereocenters. The molecule has 0 unspecified atom stereocenters. The molecule has 28 heavy (non-hydrogen) atoms. The molecule has 0 spiro atoms. The third-order valence-electron chi connectivity index (χ3n) is 5.87. The van der Waals surface area contributed by atoms with Crippen LogP contribution >= 0.6 is 0 Å². The summed E-state index contributed by atoms with van der Waals surface area (Å²) in [6.07, 6.45) is 2.51. The fourth-order valence-electron chi connectivity index (χ4n) is 4.20. The second-order valence-electron chi connectivity index (χ2n) is 8.02. The second-order valence-corrected chi connectivity index (χ2v) is 10.3. The SMILES string of the molecule is O=C(c1ccccc1)N1CCN(CC(=O)N(C2CC2)[C@H]2CCS(=O)(=O)C2)CC1. The highest BCUT2D eigenvalue weighted by Crippen LogP contribution is 2.32. The molecule has 1 aromatic rings. The molecule has 1 aliphatic carbocycles. The Morgan fingerprint density at radius 1 is 0.964 bits per heavy atom. The van der Waals surface area contributed by atoms with Crippen LogP contribution in [0.4, 0.5) is 0 Å². The van der Waals surface area contributed by atoms with Crippen LogP contribution in [-0.4, -0.2) is 91.2 Å². The van der Waals surface area contributed by atoms with Crippen molar-refractivity contribution >= 4 is 21.7 Å². The van der Waals surface area contributed by atoms with Crippen LogP contribution in [-0.2, 0) is 14.6 Å². The minimum Gasteiger partial charge on any atom is -0.336 e. The Labute approximate surface area is 166 Å². The summed E-state index contributed by atoms with van der Waals surface area (Å²) in [5.41, 5.74) is 0.689. The molecular formula is C20H27N3O4S. The first kappa shape index (κ1) is 19.4. The van der Waals surface area contributed by atoms with Crippen molar-refractivity contribution in [1.82, 2.24) is 14.7 Å². The molecular weight excluding hydrogens is 378 g/mol. The monoisotopic (exact) mass is 405 g/mol. The van der Waals surface area contributed by atoms with E-state index in [4.69, 9.17) is 0 Å². The molecule has 1 saturated carbocycles. The maximum Gasteiger partial charge on any atom is 0.253 e. The third kappa shape index (κ3) is 4.38. The van der Waals surface area contributed by atoms with E-state index in [0.29, 0.717) is 44.7 Å².